The van der Waals surface area contributed by atoms with Crippen LogP contribution in [0.15, 0.2) is 66.8 Å². The first-order valence-electron chi connectivity index (χ1n) is 12.8. The third-order valence-electron chi connectivity index (χ3n) is 6.64. The molecule has 0 aliphatic heterocycles. The summed E-state index contributed by atoms with van der Waals surface area (Å²) in [5.41, 5.74) is 3.23. The average Bonchev–Trinajstić information content (AvgIpc) is 2.90. The maximum atomic E-state index is 12.6. The maximum Gasteiger partial charge on any atom is 0.573 e. The van der Waals surface area contributed by atoms with E-state index in [1.165, 1.54) is 42.6 Å². The normalized spacial score (nSPS) is 15.4. The van der Waals surface area contributed by atoms with Gasteiger partial charge in [0, 0.05) is 5.56 Å². The third kappa shape index (κ3) is 9.26. The predicted octanol–water partition coefficient (Wildman–Crippen LogP) is 5.12. The molecule has 3 rings (SSSR count). The summed E-state index contributed by atoms with van der Waals surface area (Å²) in [7, 11) is 0. The highest BCUT2D eigenvalue weighted by Gasteiger charge is 2.31. The molecule has 7 nitrogen and oxygen atoms in total. The number of rotatable bonds is 11. The molecule has 0 spiro atoms. The van der Waals surface area contributed by atoms with Crippen molar-refractivity contribution in [2.75, 3.05) is 6.54 Å². The fourth-order valence-electron chi connectivity index (χ4n) is 4.40. The molecule has 1 amide bonds. The van der Waals surface area contributed by atoms with E-state index >= 15 is 0 Å². The lowest BCUT2D eigenvalue weighted by atomic mass is 9.84. The van der Waals surface area contributed by atoms with Crippen molar-refractivity contribution in [2.45, 2.75) is 58.0 Å². The molecule has 39 heavy (non-hydrogen) atoms. The van der Waals surface area contributed by atoms with Gasteiger partial charge in [0.1, 0.15) is 11.9 Å². The number of ketones is 1. The zero-order valence-corrected chi connectivity index (χ0v) is 21.8. The molecule has 1 aliphatic carbocycles. The molecule has 0 radical (unpaired) electrons. The molecule has 1 atom stereocenters. The number of amides is 1. The minimum absolute atomic E-state index is 0.182. The second kappa shape index (κ2) is 13.4. The Morgan fingerprint density at radius 1 is 1.10 bits per heavy atom. The number of allylic oxidation sites excluding steroid dienone is 2. The maximum absolute atomic E-state index is 12.6. The van der Waals surface area contributed by atoms with Crippen LogP contribution in [0.3, 0.4) is 0 Å². The average molecular weight is 546 g/mol. The molecule has 0 heterocycles. The molecule has 0 saturated heterocycles. The second-order valence-corrected chi connectivity index (χ2v) is 9.67. The van der Waals surface area contributed by atoms with Crippen molar-refractivity contribution in [3.63, 3.8) is 0 Å². The molecule has 2 aromatic rings. The highest BCUT2D eigenvalue weighted by atomic mass is 19.4. The molecular formula is C29H34F3N3O4. The van der Waals surface area contributed by atoms with E-state index in [4.69, 9.17) is 5.84 Å². The Bertz CT molecular complexity index is 1170. The van der Waals surface area contributed by atoms with Crippen LogP contribution in [0, 0.1) is 5.92 Å². The molecular weight excluding hydrogens is 511 g/mol. The standard InChI is InChI=1S/C29H34F3N3O4/c1-19(22-6-4-3-5-7-22)16-26(23-12-14-25(15-13-23)39-29(30,31)32)35(33)18-21-8-10-24(11-9-21)28(38)34-17-27(37)20(2)36/h8-16,22,27,37H,1,3-7,17-18,33H2,2H3,(H,34,38)/b26-16-. The highest BCUT2D eigenvalue weighted by Crippen LogP contribution is 2.32. The van der Waals surface area contributed by atoms with E-state index in [1.54, 1.807) is 24.3 Å². The number of halogens is 3. The molecule has 4 N–H and O–H groups in total. The number of aliphatic hydroxyl groups excluding tert-OH is 1. The molecule has 2 aromatic carbocycles. The number of ether oxygens (including phenoxy) is 1. The van der Waals surface area contributed by atoms with E-state index in [1.807, 2.05) is 6.08 Å². The molecule has 0 bridgehead atoms. The number of hydrogen-bond acceptors (Lipinski definition) is 6. The summed E-state index contributed by atoms with van der Waals surface area (Å²) in [5.74, 6) is 5.59. The first kappa shape index (κ1) is 29.9. The Morgan fingerprint density at radius 2 is 1.69 bits per heavy atom. The number of hydrazine groups is 1. The zero-order valence-electron chi connectivity index (χ0n) is 21.8. The number of hydrogen-bond donors (Lipinski definition) is 3. The van der Waals surface area contributed by atoms with Crippen LogP contribution in [-0.2, 0) is 11.3 Å². The summed E-state index contributed by atoms with van der Waals surface area (Å²) in [4.78, 5) is 23.5. The topological polar surface area (TPSA) is 105 Å². The molecule has 210 valence electrons. The first-order chi connectivity index (χ1) is 18.4. The lowest BCUT2D eigenvalue weighted by Crippen LogP contribution is -2.35. The van der Waals surface area contributed by atoms with Crippen molar-refractivity contribution in [1.82, 2.24) is 10.3 Å². The summed E-state index contributed by atoms with van der Waals surface area (Å²) in [6.45, 7) is 5.56. The highest BCUT2D eigenvalue weighted by molar-refractivity contribution is 5.94. The number of aliphatic hydroxyl groups is 1. The summed E-state index contributed by atoms with van der Waals surface area (Å²) < 4.78 is 41.8. The van der Waals surface area contributed by atoms with Gasteiger partial charge in [-0.15, -0.1) is 13.2 Å². The molecule has 1 aliphatic rings. The Labute approximate surface area is 226 Å². The smallest absolute Gasteiger partial charge is 0.406 e. The summed E-state index contributed by atoms with van der Waals surface area (Å²) in [5, 5.41) is 13.6. The van der Waals surface area contributed by atoms with Gasteiger partial charge in [-0.3, -0.25) is 9.59 Å². The van der Waals surface area contributed by atoms with Crippen LogP contribution in [0.2, 0.25) is 0 Å². The van der Waals surface area contributed by atoms with E-state index in [0.717, 1.165) is 36.8 Å². The molecule has 1 unspecified atom stereocenters. The number of Topliss-reactive ketones (excluding diaryl/α,β-unsaturated/α-hetero) is 1. The van der Waals surface area contributed by atoms with Gasteiger partial charge in [0.05, 0.1) is 18.8 Å². The first-order valence-corrected chi connectivity index (χ1v) is 12.8. The zero-order chi connectivity index (χ0) is 28.6. The van der Waals surface area contributed by atoms with Crippen LogP contribution < -0.4 is 15.9 Å². The van der Waals surface area contributed by atoms with Gasteiger partial charge < -0.3 is 20.2 Å². The molecule has 0 aromatic heterocycles. The quantitative estimate of drug-likeness (QED) is 0.206. The van der Waals surface area contributed by atoms with Crippen LogP contribution in [-0.4, -0.2) is 40.8 Å². The fraction of sp³-hybridized carbons (Fsp3) is 0.379. The van der Waals surface area contributed by atoms with E-state index in [9.17, 15) is 27.9 Å². The molecule has 1 fully saturated rings. The Kier molecular flexibility index (Phi) is 10.3. The predicted molar refractivity (Wildman–Crippen MR) is 142 cm³/mol. The Hall–Kier alpha value is -3.63. The van der Waals surface area contributed by atoms with Crippen molar-refractivity contribution < 1.29 is 32.6 Å². The summed E-state index contributed by atoms with van der Waals surface area (Å²) in [6, 6.07) is 12.2. The summed E-state index contributed by atoms with van der Waals surface area (Å²) >= 11 is 0. The van der Waals surface area contributed by atoms with Gasteiger partial charge in [-0.1, -0.05) is 38.0 Å². The molecule has 1 saturated carbocycles. The van der Waals surface area contributed by atoms with Gasteiger partial charge in [-0.2, -0.15) is 0 Å². The number of alkyl halides is 3. The van der Waals surface area contributed by atoms with Gasteiger partial charge in [0.25, 0.3) is 5.91 Å². The van der Waals surface area contributed by atoms with Gasteiger partial charge in [-0.05, 0) is 84.9 Å². The minimum atomic E-state index is -4.79. The number of carbonyl (C=O) groups excluding carboxylic acids is 2. The van der Waals surface area contributed by atoms with E-state index in [2.05, 4.69) is 16.6 Å². The lowest BCUT2D eigenvalue weighted by Gasteiger charge is -2.26. The largest absolute Gasteiger partial charge is 0.573 e. The van der Waals surface area contributed by atoms with Gasteiger partial charge in [0.2, 0.25) is 0 Å². The van der Waals surface area contributed by atoms with Gasteiger partial charge >= 0.3 is 6.36 Å². The van der Waals surface area contributed by atoms with Crippen LogP contribution >= 0.6 is 0 Å². The number of nitrogens with zero attached hydrogens (tertiary/aromatic N) is 1. The van der Waals surface area contributed by atoms with Crippen LogP contribution in [0.4, 0.5) is 13.2 Å². The van der Waals surface area contributed by atoms with Crippen molar-refractivity contribution >= 4 is 17.4 Å². The molecule has 10 heteroatoms. The number of nitrogens with one attached hydrogen (secondary N) is 1. The number of carbonyl (C=O) groups is 2. The third-order valence-corrected chi connectivity index (χ3v) is 6.64. The van der Waals surface area contributed by atoms with Crippen molar-refractivity contribution in [3.05, 3.63) is 83.4 Å². The van der Waals surface area contributed by atoms with Crippen LogP contribution in [0.1, 0.15) is 60.5 Å². The fourth-order valence-corrected chi connectivity index (χ4v) is 4.40. The van der Waals surface area contributed by atoms with E-state index < -0.39 is 24.2 Å². The SMILES string of the molecule is C=C(/C=C(/c1ccc(OC(F)(F)F)cc1)N(N)Cc1ccc(C(=O)NCC(O)C(C)=O)cc1)C1CCCCC1. The van der Waals surface area contributed by atoms with Crippen LogP contribution in [0.25, 0.3) is 5.70 Å². The van der Waals surface area contributed by atoms with Crippen molar-refractivity contribution in [3.8, 4) is 5.75 Å². The van der Waals surface area contributed by atoms with E-state index in [-0.39, 0.29) is 18.8 Å². The second-order valence-electron chi connectivity index (χ2n) is 9.67. The van der Waals surface area contributed by atoms with Crippen LogP contribution in [0.5, 0.6) is 5.75 Å². The minimum Gasteiger partial charge on any atom is -0.406 e. The van der Waals surface area contributed by atoms with E-state index in [0.29, 0.717) is 22.7 Å². The Morgan fingerprint density at radius 3 is 2.26 bits per heavy atom. The van der Waals surface area contributed by atoms with Gasteiger partial charge in [-0.25, -0.2) is 5.84 Å². The monoisotopic (exact) mass is 545 g/mol. The number of nitrogens with two attached hydrogens (primary N) is 1. The van der Waals surface area contributed by atoms with Crippen molar-refractivity contribution in [2.24, 2.45) is 11.8 Å². The lowest BCUT2D eigenvalue weighted by molar-refractivity contribution is -0.274. The van der Waals surface area contributed by atoms with Gasteiger partial charge in [0.15, 0.2) is 5.78 Å². The number of benzene rings is 2. The van der Waals surface area contributed by atoms with Crippen molar-refractivity contribution in [1.29, 1.82) is 0 Å². The summed E-state index contributed by atoms with van der Waals surface area (Å²) in [6.07, 6.45) is 1.32. The Balaban J connectivity index is 1.77.